The highest BCUT2D eigenvalue weighted by Gasteiger charge is 2.29. The van der Waals surface area contributed by atoms with Gasteiger partial charge in [-0.05, 0) is 18.9 Å². The molecule has 3 heterocycles. The van der Waals surface area contributed by atoms with Crippen molar-refractivity contribution in [3.05, 3.63) is 53.9 Å². The van der Waals surface area contributed by atoms with Crippen molar-refractivity contribution in [3.63, 3.8) is 0 Å². The largest absolute Gasteiger partial charge is 0.339 e. The van der Waals surface area contributed by atoms with Crippen molar-refractivity contribution < 1.29 is 9.32 Å². The molecule has 0 saturated carbocycles. The third-order valence-corrected chi connectivity index (χ3v) is 5.32. The Balaban J connectivity index is 1.48. The Bertz CT molecular complexity index is 967. The standard InChI is InChI=1S/C21H25N5O2/c1-14(2)18-23-20(28-24-18)15-8-11-26(12-9-15)21(27)17-7-5-4-6-16(17)19-22-10-13-25(19)3/h4-7,10,13-15H,8-9,11-12H2,1-3H3. The summed E-state index contributed by atoms with van der Waals surface area (Å²) in [6.07, 6.45) is 5.29. The molecule has 0 radical (unpaired) electrons. The second-order valence-corrected chi connectivity index (χ2v) is 7.62. The number of hydrogen-bond donors (Lipinski definition) is 0. The van der Waals surface area contributed by atoms with Crippen LogP contribution in [0.5, 0.6) is 0 Å². The van der Waals surface area contributed by atoms with E-state index in [0.29, 0.717) is 24.5 Å². The van der Waals surface area contributed by atoms with Crippen LogP contribution >= 0.6 is 0 Å². The van der Waals surface area contributed by atoms with Gasteiger partial charge in [-0.2, -0.15) is 4.98 Å². The zero-order valence-corrected chi connectivity index (χ0v) is 16.5. The summed E-state index contributed by atoms with van der Waals surface area (Å²) < 4.78 is 7.38. The van der Waals surface area contributed by atoms with E-state index in [9.17, 15) is 4.79 Å². The van der Waals surface area contributed by atoms with Gasteiger partial charge in [0, 0.05) is 49.9 Å². The normalized spacial score (nSPS) is 15.4. The van der Waals surface area contributed by atoms with Gasteiger partial charge in [-0.1, -0.05) is 37.2 Å². The van der Waals surface area contributed by atoms with Crippen LogP contribution in [0.4, 0.5) is 0 Å². The van der Waals surface area contributed by atoms with E-state index in [2.05, 4.69) is 29.0 Å². The van der Waals surface area contributed by atoms with Crippen LogP contribution < -0.4 is 0 Å². The molecular weight excluding hydrogens is 354 g/mol. The Kier molecular flexibility index (Phi) is 4.98. The lowest BCUT2D eigenvalue weighted by Crippen LogP contribution is -2.38. The maximum Gasteiger partial charge on any atom is 0.254 e. The van der Waals surface area contributed by atoms with Crippen LogP contribution in [0.15, 0.2) is 41.2 Å². The van der Waals surface area contributed by atoms with Crippen LogP contribution in [-0.4, -0.2) is 43.6 Å². The van der Waals surface area contributed by atoms with Crippen molar-refractivity contribution >= 4 is 5.91 Å². The third-order valence-electron chi connectivity index (χ3n) is 5.32. The van der Waals surface area contributed by atoms with Gasteiger partial charge in [-0.3, -0.25) is 4.79 Å². The summed E-state index contributed by atoms with van der Waals surface area (Å²) in [5, 5.41) is 4.07. The summed E-state index contributed by atoms with van der Waals surface area (Å²) in [6.45, 7) is 5.46. The van der Waals surface area contributed by atoms with Gasteiger partial charge in [-0.15, -0.1) is 0 Å². The topological polar surface area (TPSA) is 77.0 Å². The van der Waals surface area contributed by atoms with E-state index >= 15 is 0 Å². The van der Waals surface area contributed by atoms with Gasteiger partial charge < -0.3 is 14.0 Å². The molecule has 0 aliphatic carbocycles. The van der Waals surface area contributed by atoms with Crippen LogP contribution in [0, 0.1) is 0 Å². The van der Waals surface area contributed by atoms with Gasteiger partial charge in [0.25, 0.3) is 5.91 Å². The van der Waals surface area contributed by atoms with Crippen LogP contribution in [0.3, 0.4) is 0 Å². The van der Waals surface area contributed by atoms with Crippen molar-refractivity contribution in [2.45, 2.75) is 38.5 Å². The number of rotatable bonds is 4. The minimum Gasteiger partial charge on any atom is -0.339 e. The van der Waals surface area contributed by atoms with E-state index in [0.717, 1.165) is 30.1 Å². The highest BCUT2D eigenvalue weighted by atomic mass is 16.5. The fraction of sp³-hybridized carbons (Fsp3) is 0.429. The minimum absolute atomic E-state index is 0.0467. The van der Waals surface area contributed by atoms with Gasteiger partial charge in [-0.25, -0.2) is 4.98 Å². The summed E-state index contributed by atoms with van der Waals surface area (Å²) in [5.74, 6) is 2.76. The maximum absolute atomic E-state index is 13.2. The van der Waals surface area contributed by atoms with Gasteiger partial charge in [0.15, 0.2) is 5.82 Å². The quantitative estimate of drug-likeness (QED) is 0.692. The maximum atomic E-state index is 13.2. The second kappa shape index (κ2) is 7.58. The van der Waals surface area contributed by atoms with E-state index in [1.165, 1.54) is 0 Å². The van der Waals surface area contributed by atoms with Gasteiger partial charge in [0.1, 0.15) is 5.82 Å². The number of piperidine rings is 1. The Morgan fingerprint density at radius 2 is 1.96 bits per heavy atom. The van der Waals surface area contributed by atoms with Crippen molar-refractivity contribution in [3.8, 4) is 11.4 Å². The summed E-state index contributed by atoms with van der Waals surface area (Å²) in [5.41, 5.74) is 1.55. The smallest absolute Gasteiger partial charge is 0.254 e. The lowest BCUT2D eigenvalue weighted by Gasteiger charge is -2.31. The van der Waals surface area contributed by atoms with E-state index < -0.39 is 0 Å². The molecule has 1 amide bonds. The Morgan fingerprint density at radius 1 is 1.21 bits per heavy atom. The SMILES string of the molecule is CC(C)c1noc(C2CCN(C(=O)c3ccccc3-c3nccn3C)CC2)n1. The van der Waals surface area contributed by atoms with Crippen molar-refractivity contribution in [1.82, 2.24) is 24.6 Å². The molecular formula is C21H25N5O2. The number of nitrogens with zero attached hydrogens (tertiary/aromatic N) is 5. The zero-order chi connectivity index (χ0) is 19.7. The summed E-state index contributed by atoms with van der Waals surface area (Å²) in [6, 6.07) is 7.67. The number of carbonyl (C=O) groups is 1. The highest BCUT2D eigenvalue weighted by molar-refractivity contribution is 6.00. The average molecular weight is 379 g/mol. The molecule has 1 aromatic carbocycles. The van der Waals surface area contributed by atoms with Crippen LogP contribution in [0.2, 0.25) is 0 Å². The van der Waals surface area contributed by atoms with Crippen molar-refractivity contribution in [2.75, 3.05) is 13.1 Å². The number of aryl methyl sites for hydroxylation is 1. The Morgan fingerprint density at radius 3 is 2.61 bits per heavy atom. The molecule has 0 spiro atoms. The molecule has 0 bridgehead atoms. The molecule has 146 valence electrons. The second-order valence-electron chi connectivity index (χ2n) is 7.62. The number of carbonyl (C=O) groups excluding carboxylic acids is 1. The predicted octanol–water partition coefficient (Wildman–Crippen LogP) is 3.61. The number of benzene rings is 1. The van der Waals surface area contributed by atoms with Crippen molar-refractivity contribution in [1.29, 1.82) is 0 Å². The summed E-state index contributed by atoms with van der Waals surface area (Å²) >= 11 is 0. The first-order chi connectivity index (χ1) is 13.5. The molecule has 0 atom stereocenters. The minimum atomic E-state index is 0.0467. The van der Waals surface area contributed by atoms with Crippen molar-refractivity contribution in [2.24, 2.45) is 7.05 Å². The number of aromatic nitrogens is 4. The average Bonchev–Trinajstić information content (AvgIpc) is 3.37. The lowest BCUT2D eigenvalue weighted by atomic mass is 9.95. The molecule has 7 nitrogen and oxygen atoms in total. The zero-order valence-electron chi connectivity index (χ0n) is 16.5. The predicted molar refractivity (Wildman–Crippen MR) is 105 cm³/mol. The van der Waals surface area contributed by atoms with E-state index in [4.69, 9.17) is 4.52 Å². The van der Waals surface area contributed by atoms with Crippen LogP contribution in [0.25, 0.3) is 11.4 Å². The summed E-state index contributed by atoms with van der Waals surface area (Å²) in [4.78, 5) is 24.0. The molecule has 1 aliphatic heterocycles. The molecule has 1 aliphatic rings. The number of amides is 1. The number of likely N-dealkylation sites (tertiary alicyclic amines) is 1. The molecule has 1 saturated heterocycles. The fourth-order valence-electron chi connectivity index (χ4n) is 3.64. The van der Waals surface area contributed by atoms with Crippen LogP contribution in [-0.2, 0) is 7.05 Å². The first kappa shape index (κ1) is 18.4. The molecule has 0 unspecified atom stereocenters. The molecule has 2 aromatic heterocycles. The van der Waals surface area contributed by atoms with Gasteiger partial charge >= 0.3 is 0 Å². The van der Waals surface area contributed by atoms with Crippen LogP contribution in [0.1, 0.15) is 60.6 Å². The molecule has 28 heavy (non-hydrogen) atoms. The molecule has 0 N–H and O–H groups in total. The molecule has 7 heteroatoms. The number of imidazole rings is 1. The monoisotopic (exact) mass is 379 g/mol. The fourth-order valence-corrected chi connectivity index (χ4v) is 3.64. The molecule has 4 rings (SSSR count). The Labute approximate surface area is 164 Å². The first-order valence-electron chi connectivity index (χ1n) is 9.74. The van der Waals surface area contributed by atoms with Gasteiger partial charge in [0.05, 0.1) is 5.56 Å². The van der Waals surface area contributed by atoms with E-state index in [1.54, 1.807) is 6.20 Å². The first-order valence-corrected chi connectivity index (χ1v) is 9.74. The highest BCUT2D eigenvalue weighted by Crippen LogP contribution is 2.30. The number of hydrogen-bond acceptors (Lipinski definition) is 5. The van der Waals surface area contributed by atoms with Gasteiger partial charge in [0.2, 0.25) is 5.89 Å². The van der Waals surface area contributed by atoms with E-state index in [1.807, 2.05) is 47.0 Å². The van der Waals surface area contributed by atoms with E-state index in [-0.39, 0.29) is 17.7 Å². The molecule has 1 fully saturated rings. The Hall–Kier alpha value is -2.96. The lowest BCUT2D eigenvalue weighted by molar-refractivity contribution is 0.0705. The third kappa shape index (κ3) is 3.44. The summed E-state index contributed by atoms with van der Waals surface area (Å²) in [7, 11) is 1.94. The molecule has 3 aromatic rings.